The number of hydrogen-bond donors (Lipinski definition) is 0. The maximum atomic E-state index is 6.01. The minimum atomic E-state index is 0.444. The van der Waals surface area contributed by atoms with Crippen molar-refractivity contribution in [2.24, 2.45) is 5.92 Å². The first-order valence-corrected chi connectivity index (χ1v) is 7.49. The molecule has 0 N–H and O–H groups in total. The van der Waals surface area contributed by atoms with Gasteiger partial charge in [-0.1, -0.05) is 45.2 Å². The predicted octanol–water partition coefficient (Wildman–Crippen LogP) is 4.73. The molecule has 4 heteroatoms. The van der Waals surface area contributed by atoms with E-state index in [0.29, 0.717) is 20.8 Å². The molecule has 0 aliphatic carbocycles. The van der Waals surface area contributed by atoms with Gasteiger partial charge in [-0.25, -0.2) is 0 Å². The van der Waals surface area contributed by atoms with Crippen LogP contribution in [0.4, 0.5) is 0 Å². The smallest absolute Gasteiger partial charge is 0.0595 e. The van der Waals surface area contributed by atoms with Gasteiger partial charge in [0.1, 0.15) is 0 Å². The van der Waals surface area contributed by atoms with Crippen molar-refractivity contribution in [3.63, 3.8) is 0 Å². The van der Waals surface area contributed by atoms with Crippen molar-refractivity contribution < 1.29 is 4.74 Å². The Bertz CT molecular complexity index is 378. The zero-order chi connectivity index (χ0) is 12.3. The van der Waals surface area contributed by atoms with E-state index in [1.165, 1.54) is 12.0 Å². The molecule has 1 saturated heterocycles. The molecular weight excluding hydrogens is 323 g/mol. The maximum absolute atomic E-state index is 6.01. The Morgan fingerprint density at radius 2 is 2.18 bits per heavy atom. The van der Waals surface area contributed by atoms with Crippen LogP contribution in [0.25, 0.3) is 0 Å². The van der Waals surface area contributed by atoms with Gasteiger partial charge < -0.3 is 4.74 Å². The average molecular weight is 338 g/mol. The largest absolute Gasteiger partial charge is 0.381 e. The highest BCUT2D eigenvalue weighted by Crippen LogP contribution is 2.28. The molecule has 0 bridgehead atoms. The van der Waals surface area contributed by atoms with Gasteiger partial charge in [-0.3, -0.25) is 0 Å². The predicted molar refractivity (Wildman–Crippen MR) is 76.4 cm³/mol. The van der Waals surface area contributed by atoms with Gasteiger partial charge in [-0.2, -0.15) is 0 Å². The second kappa shape index (κ2) is 6.42. The van der Waals surface area contributed by atoms with Crippen LogP contribution in [0.3, 0.4) is 0 Å². The first-order chi connectivity index (χ1) is 8.16. The molecule has 17 heavy (non-hydrogen) atoms. The van der Waals surface area contributed by atoms with Crippen molar-refractivity contribution in [1.82, 2.24) is 0 Å². The summed E-state index contributed by atoms with van der Waals surface area (Å²) in [5, 5.41) is 1.24. The first kappa shape index (κ1) is 13.7. The average Bonchev–Trinajstić information content (AvgIpc) is 2.35. The summed E-state index contributed by atoms with van der Waals surface area (Å²) in [5.74, 6) is 0.596. The molecule has 0 saturated carbocycles. The van der Waals surface area contributed by atoms with E-state index in [1.54, 1.807) is 0 Å². The Balaban J connectivity index is 1.96. The molecule has 0 radical (unpaired) electrons. The van der Waals surface area contributed by atoms with Crippen LogP contribution >= 0.6 is 39.1 Å². The van der Waals surface area contributed by atoms with Crippen molar-refractivity contribution in [2.75, 3.05) is 13.2 Å². The molecular formula is C13H15BrCl2O. The van der Waals surface area contributed by atoms with Crippen LogP contribution in [0, 0.1) is 5.92 Å². The van der Waals surface area contributed by atoms with E-state index in [1.807, 2.05) is 18.2 Å². The summed E-state index contributed by atoms with van der Waals surface area (Å²) >= 11 is 15.7. The summed E-state index contributed by atoms with van der Waals surface area (Å²) in [6.07, 6.45) is 3.36. The molecule has 0 aromatic heterocycles. The Labute approximate surface area is 121 Å². The second-order valence-corrected chi connectivity index (χ2v) is 6.44. The van der Waals surface area contributed by atoms with E-state index < -0.39 is 0 Å². The number of rotatable bonds is 3. The number of benzene rings is 1. The molecule has 1 aromatic carbocycles. The van der Waals surface area contributed by atoms with Crippen molar-refractivity contribution in [2.45, 2.75) is 24.1 Å². The Kier molecular flexibility index (Phi) is 5.16. The molecule has 1 aromatic rings. The monoisotopic (exact) mass is 336 g/mol. The molecule has 1 heterocycles. The molecule has 2 unspecified atom stereocenters. The van der Waals surface area contributed by atoms with Crippen LogP contribution in [-0.4, -0.2) is 18.0 Å². The number of alkyl halides is 1. The van der Waals surface area contributed by atoms with E-state index in [2.05, 4.69) is 15.9 Å². The highest BCUT2D eigenvalue weighted by atomic mass is 79.9. The molecule has 1 aliphatic rings. The fraction of sp³-hybridized carbons (Fsp3) is 0.538. The summed E-state index contributed by atoms with van der Waals surface area (Å²) in [6.45, 7) is 1.76. The first-order valence-electron chi connectivity index (χ1n) is 5.82. The van der Waals surface area contributed by atoms with Gasteiger partial charge in [0, 0.05) is 11.4 Å². The van der Waals surface area contributed by atoms with E-state index in [0.717, 1.165) is 26.1 Å². The van der Waals surface area contributed by atoms with E-state index in [9.17, 15) is 0 Å². The number of ether oxygens (including phenoxy) is 1. The molecule has 2 atom stereocenters. The Hall–Kier alpha value is 0.240. The van der Waals surface area contributed by atoms with Crippen LogP contribution in [0.1, 0.15) is 18.4 Å². The summed E-state index contributed by atoms with van der Waals surface area (Å²) in [7, 11) is 0. The lowest BCUT2D eigenvalue weighted by molar-refractivity contribution is 0.0547. The highest BCUT2D eigenvalue weighted by Gasteiger charge is 2.22. The molecule has 0 amide bonds. The van der Waals surface area contributed by atoms with Gasteiger partial charge in [0.05, 0.1) is 16.7 Å². The van der Waals surface area contributed by atoms with E-state index >= 15 is 0 Å². The van der Waals surface area contributed by atoms with Gasteiger partial charge in [0.25, 0.3) is 0 Å². The third-order valence-corrected chi connectivity index (χ3v) is 4.93. The quantitative estimate of drug-likeness (QED) is 0.725. The fourth-order valence-corrected chi connectivity index (χ4v) is 3.22. The SMILES string of the molecule is Clc1ccc(CC(Br)C2CCCOC2)cc1Cl. The summed E-state index contributed by atoms with van der Waals surface area (Å²) in [5.41, 5.74) is 1.21. The van der Waals surface area contributed by atoms with Crippen molar-refractivity contribution >= 4 is 39.1 Å². The lowest BCUT2D eigenvalue weighted by Crippen LogP contribution is -2.26. The van der Waals surface area contributed by atoms with E-state index in [4.69, 9.17) is 27.9 Å². The summed E-state index contributed by atoms with van der Waals surface area (Å²) < 4.78 is 5.51. The van der Waals surface area contributed by atoms with Crippen LogP contribution in [0.15, 0.2) is 18.2 Å². The topological polar surface area (TPSA) is 9.23 Å². The maximum Gasteiger partial charge on any atom is 0.0595 e. The number of hydrogen-bond acceptors (Lipinski definition) is 1. The van der Waals surface area contributed by atoms with Crippen LogP contribution in [-0.2, 0) is 11.2 Å². The number of halogens is 3. The van der Waals surface area contributed by atoms with Gasteiger partial charge in [-0.05, 0) is 42.9 Å². The highest BCUT2D eigenvalue weighted by molar-refractivity contribution is 9.09. The summed E-state index contributed by atoms with van der Waals surface area (Å²) in [6, 6.07) is 5.84. The van der Waals surface area contributed by atoms with Crippen LogP contribution in [0.2, 0.25) is 10.0 Å². The van der Waals surface area contributed by atoms with Crippen LogP contribution < -0.4 is 0 Å². The molecule has 1 aliphatic heterocycles. The fourth-order valence-electron chi connectivity index (χ4n) is 2.11. The molecule has 0 spiro atoms. The Morgan fingerprint density at radius 1 is 1.35 bits per heavy atom. The molecule has 94 valence electrons. The lowest BCUT2D eigenvalue weighted by atomic mass is 9.94. The van der Waals surface area contributed by atoms with Crippen LogP contribution in [0.5, 0.6) is 0 Å². The molecule has 1 fully saturated rings. The standard InChI is InChI=1S/C13H15BrCl2O/c14-11(10-2-1-5-17-8-10)6-9-3-4-12(15)13(16)7-9/h3-4,7,10-11H,1-2,5-6,8H2. The molecule has 2 rings (SSSR count). The normalized spacial score (nSPS) is 22.4. The summed E-state index contributed by atoms with van der Waals surface area (Å²) in [4.78, 5) is 0.444. The Morgan fingerprint density at radius 3 is 2.82 bits per heavy atom. The van der Waals surface area contributed by atoms with Gasteiger partial charge in [0.2, 0.25) is 0 Å². The van der Waals surface area contributed by atoms with Gasteiger partial charge >= 0.3 is 0 Å². The third kappa shape index (κ3) is 3.85. The van der Waals surface area contributed by atoms with E-state index in [-0.39, 0.29) is 0 Å². The van der Waals surface area contributed by atoms with Crippen molar-refractivity contribution in [3.8, 4) is 0 Å². The van der Waals surface area contributed by atoms with Crippen molar-refractivity contribution in [1.29, 1.82) is 0 Å². The van der Waals surface area contributed by atoms with Gasteiger partial charge in [-0.15, -0.1) is 0 Å². The van der Waals surface area contributed by atoms with Gasteiger partial charge in [0.15, 0.2) is 0 Å². The third-order valence-electron chi connectivity index (χ3n) is 3.12. The zero-order valence-corrected chi connectivity index (χ0v) is 12.6. The zero-order valence-electron chi connectivity index (χ0n) is 9.46. The van der Waals surface area contributed by atoms with Crippen molar-refractivity contribution in [3.05, 3.63) is 33.8 Å². The second-order valence-electron chi connectivity index (χ2n) is 4.45. The lowest BCUT2D eigenvalue weighted by Gasteiger charge is -2.26. The molecule has 1 nitrogen and oxygen atoms in total. The minimum absolute atomic E-state index is 0.444. The minimum Gasteiger partial charge on any atom is -0.381 e.